The summed E-state index contributed by atoms with van der Waals surface area (Å²) in [5, 5.41) is 8.21. The molecule has 1 rings (SSSR count). The van der Waals surface area contributed by atoms with E-state index < -0.39 is 18.4 Å². The lowest BCUT2D eigenvalue weighted by Gasteiger charge is -2.07. The van der Waals surface area contributed by atoms with Crippen molar-refractivity contribution in [2.75, 3.05) is 6.61 Å². The number of halogens is 3. The Hall–Kier alpha value is -1.00. The van der Waals surface area contributed by atoms with Gasteiger partial charge >= 0.3 is 5.97 Å². The van der Waals surface area contributed by atoms with Gasteiger partial charge in [0.25, 0.3) is 0 Å². The van der Waals surface area contributed by atoms with E-state index in [1.54, 1.807) is 0 Å². The molecule has 1 aromatic rings. The second kappa shape index (κ2) is 4.48. The molecule has 0 unspecified atom stereocenters. The van der Waals surface area contributed by atoms with Crippen LogP contribution >= 0.6 is 23.2 Å². The zero-order valence-electron chi connectivity index (χ0n) is 6.76. The minimum Gasteiger partial charge on any atom is -0.479 e. The molecular formula is C8H5Cl2FO3. The number of rotatable bonds is 3. The van der Waals surface area contributed by atoms with Crippen molar-refractivity contribution >= 4 is 29.2 Å². The van der Waals surface area contributed by atoms with E-state index in [0.29, 0.717) is 0 Å². The number of aliphatic carboxylic acids is 1. The van der Waals surface area contributed by atoms with Gasteiger partial charge in [0, 0.05) is 0 Å². The van der Waals surface area contributed by atoms with Gasteiger partial charge in [-0.15, -0.1) is 0 Å². The second-order valence-corrected chi connectivity index (χ2v) is 3.20. The van der Waals surface area contributed by atoms with Crippen LogP contribution in [0.4, 0.5) is 4.39 Å². The Kier molecular flexibility index (Phi) is 3.55. The third-order valence-electron chi connectivity index (χ3n) is 1.30. The van der Waals surface area contributed by atoms with E-state index in [9.17, 15) is 9.18 Å². The molecule has 3 nitrogen and oxygen atoms in total. The van der Waals surface area contributed by atoms with Crippen molar-refractivity contribution in [3.8, 4) is 5.75 Å². The minimum atomic E-state index is -1.17. The molecule has 0 aromatic heterocycles. The molecule has 1 aromatic carbocycles. The van der Waals surface area contributed by atoms with Gasteiger partial charge in [0.2, 0.25) is 0 Å². The highest BCUT2D eigenvalue weighted by molar-refractivity contribution is 6.37. The summed E-state index contributed by atoms with van der Waals surface area (Å²) in [6.45, 7) is -0.578. The molecule has 14 heavy (non-hydrogen) atoms. The molecule has 0 bridgehead atoms. The summed E-state index contributed by atoms with van der Waals surface area (Å²) < 4.78 is 17.4. The molecule has 0 aliphatic heterocycles. The van der Waals surface area contributed by atoms with E-state index in [1.165, 1.54) is 0 Å². The third-order valence-corrected chi connectivity index (χ3v) is 1.86. The smallest absolute Gasteiger partial charge is 0.341 e. The van der Waals surface area contributed by atoms with E-state index in [1.807, 2.05) is 0 Å². The first-order valence-corrected chi connectivity index (χ1v) is 4.25. The molecule has 0 aliphatic carbocycles. The first kappa shape index (κ1) is 11.1. The van der Waals surface area contributed by atoms with Gasteiger partial charge in [0.05, 0.1) is 10.0 Å². The average molecular weight is 239 g/mol. The van der Waals surface area contributed by atoms with Crippen LogP contribution in [0.15, 0.2) is 12.1 Å². The predicted molar refractivity (Wildman–Crippen MR) is 49.6 cm³/mol. The van der Waals surface area contributed by atoms with Gasteiger partial charge in [0.15, 0.2) is 12.4 Å². The molecule has 0 atom stereocenters. The van der Waals surface area contributed by atoms with Crippen molar-refractivity contribution < 1.29 is 19.0 Å². The summed E-state index contributed by atoms with van der Waals surface area (Å²) in [5.41, 5.74) is 0. The highest BCUT2D eigenvalue weighted by Gasteiger charge is 2.10. The number of benzene rings is 1. The van der Waals surface area contributed by atoms with Gasteiger partial charge in [-0.1, -0.05) is 23.2 Å². The van der Waals surface area contributed by atoms with Gasteiger partial charge < -0.3 is 9.84 Å². The highest BCUT2D eigenvalue weighted by atomic mass is 35.5. The van der Waals surface area contributed by atoms with Crippen molar-refractivity contribution in [1.29, 1.82) is 0 Å². The Morgan fingerprint density at radius 2 is 1.93 bits per heavy atom. The minimum absolute atomic E-state index is 0.0304. The lowest BCUT2D eigenvalue weighted by Crippen LogP contribution is -2.10. The molecule has 0 heterocycles. The summed E-state index contributed by atoms with van der Waals surface area (Å²) in [7, 11) is 0. The SMILES string of the molecule is O=C(O)COc1c(Cl)cc(F)cc1Cl. The molecule has 0 fully saturated rings. The van der Waals surface area contributed by atoms with Crippen molar-refractivity contribution in [2.24, 2.45) is 0 Å². The largest absolute Gasteiger partial charge is 0.479 e. The molecule has 0 amide bonds. The van der Waals surface area contributed by atoms with E-state index in [-0.39, 0.29) is 15.8 Å². The van der Waals surface area contributed by atoms with E-state index >= 15 is 0 Å². The van der Waals surface area contributed by atoms with Crippen LogP contribution in [0.25, 0.3) is 0 Å². The van der Waals surface area contributed by atoms with Gasteiger partial charge in [-0.2, -0.15) is 0 Å². The summed E-state index contributed by atoms with van der Waals surface area (Å²) in [6.07, 6.45) is 0. The van der Waals surface area contributed by atoms with E-state index in [4.69, 9.17) is 33.0 Å². The van der Waals surface area contributed by atoms with E-state index in [0.717, 1.165) is 12.1 Å². The molecule has 76 valence electrons. The maximum absolute atomic E-state index is 12.7. The molecule has 0 saturated carbocycles. The van der Waals surface area contributed by atoms with Crippen LogP contribution in [-0.2, 0) is 4.79 Å². The third kappa shape index (κ3) is 2.75. The van der Waals surface area contributed by atoms with Crippen molar-refractivity contribution in [3.05, 3.63) is 28.0 Å². The first-order valence-electron chi connectivity index (χ1n) is 3.50. The molecule has 1 N–H and O–H groups in total. The van der Waals surface area contributed by atoms with E-state index in [2.05, 4.69) is 0 Å². The number of carboxylic acid groups (broad SMARTS) is 1. The maximum Gasteiger partial charge on any atom is 0.341 e. The predicted octanol–water partition coefficient (Wildman–Crippen LogP) is 2.60. The Labute approximate surface area is 89.0 Å². The standard InChI is InChI=1S/C8H5Cl2FO3/c9-5-1-4(11)2-6(10)8(5)14-3-7(12)13/h1-2H,3H2,(H,12,13). The van der Waals surface area contributed by atoms with Crippen LogP contribution in [0.5, 0.6) is 5.75 Å². The van der Waals surface area contributed by atoms with Gasteiger partial charge in [0.1, 0.15) is 5.82 Å². The highest BCUT2D eigenvalue weighted by Crippen LogP contribution is 2.33. The summed E-state index contributed by atoms with van der Waals surface area (Å²) in [4.78, 5) is 10.2. The Morgan fingerprint density at radius 1 is 1.43 bits per heavy atom. The van der Waals surface area contributed by atoms with Crippen LogP contribution in [0.1, 0.15) is 0 Å². The summed E-state index contributed by atoms with van der Waals surface area (Å²) in [6, 6.07) is 1.98. The molecule has 0 saturated heterocycles. The van der Waals surface area contributed by atoms with Crippen LogP contribution in [0.2, 0.25) is 10.0 Å². The number of ether oxygens (including phenoxy) is 1. The maximum atomic E-state index is 12.7. The Bertz CT molecular complexity index is 345. The number of hydrogen-bond donors (Lipinski definition) is 1. The Morgan fingerprint density at radius 3 is 2.36 bits per heavy atom. The second-order valence-electron chi connectivity index (χ2n) is 2.38. The molecule has 0 radical (unpaired) electrons. The number of hydrogen-bond acceptors (Lipinski definition) is 2. The fraction of sp³-hybridized carbons (Fsp3) is 0.125. The lowest BCUT2D eigenvalue weighted by molar-refractivity contribution is -0.139. The fourth-order valence-electron chi connectivity index (χ4n) is 0.801. The Balaban J connectivity index is 2.91. The molecule has 0 aliphatic rings. The van der Waals surface area contributed by atoms with Crippen molar-refractivity contribution in [1.82, 2.24) is 0 Å². The summed E-state index contributed by atoms with van der Waals surface area (Å²) >= 11 is 11.2. The normalized spacial score (nSPS) is 9.93. The van der Waals surface area contributed by atoms with Crippen molar-refractivity contribution in [2.45, 2.75) is 0 Å². The monoisotopic (exact) mass is 238 g/mol. The zero-order valence-corrected chi connectivity index (χ0v) is 8.27. The quantitative estimate of drug-likeness (QED) is 0.881. The molecule has 0 spiro atoms. The van der Waals surface area contributed by atoms with Crippen LogP contribution in [0, 0.1) is 5.82 Å². The van der Waals surface area contributed by atoms with Crippen LogP contribution in [0.3, 0.4) is 0 Å². The average Bonchev–Trinajstić information content (AvgIpc) is 2.01. The van der Waals surface area contributed by atoms with Gasteiger partial charge in [-0.3, -0.25) is 0 Å². The van der Waals surface area contributed by atoms with Crippen LogP contribution in [-0.4, -0.2) is 17.7 Å². The number of carbonyl (C=O) groups is 1. The van der Waals surface area contributed by atoms with Gasteiger partial charge in [-0.05, 0) is 12.1 Å². The first-order chi connectivity index (χ1) is 6.50. The lowest BCUT2D eigenvalue weighted by atomic mass is 10.3. The molecular weight excluding hydrogens is 234 g/mol. The molecule has 6 heteroatoms. The number of carboxylic acids is 1. The fourth-order valence-corrected chi connectivity index (χ4v) is 1.37. The van der Waals surface area contributed by atoms with Crippen molar-refractivity contribution in [3.63, 3.8) is 0 Å². The zero-order chi connectivity index (χ0) is 10.7. The van der Waals surface area contributed by atoms with Crippen LogP contribution < -0.4 is 4.74 Å². The van der Waals surface area contributed by atoms with Gasteiger partial charge in [-0.25, -0.2) is 9.18 Å². The summed E-state index contributed by atoms with van der Waals surface area (Å²) in [5.74, 6) is -1.80. The topological polar surface area (TPSA) is 46.5 Å².